The molecular formula is C10H8N4O4S. The van der Waals surface area contributed by atoms with Gasteiger partial charge in [0.1, 0.15) is 12.1 Å². The summed E-state index contributed by atoms with van der Waals surface area (Å²) in [5.41, 5.74) is 0. The maximum atomic E-state index is 11.0. The van der Waals surface area contributed by atoms with Gasteiger partial charge in [0.05, 0.1) is 0 Å². The van der Waals surface area contributed by atoms with Crippen molar-refractivity contribution in [1.29, 1.82) is 0 Å². The summed E-state index contributed by atoms with van der Waals surface area (Å²) in [5, 5.41) is 25.5. The minimum absolute atomic E-state index is 0.0660. The molecule has 0 aliphatic rings. The predicted molar refractivity (Wildman–Crippen MR) is 67.1 cm³/mol. The monoisotopic (exact) mass is 280 g/mol. The van der Waals surface area contributed by atoms with Crippen LogP contribution in [0.15, 0.2) is 40.1 Å². The Hall–Kier alpha value is -2.42. The molecule has 1 heterocycles. The maximum Gasteiger partial charge on any atom is 0.434 e. The lowest BCUT2D eigenvalue weighted by atomic mass is 10.4. The summed E-state index contributed by atoms with van der Waals surface area (Å²) >= 11 is 0.952. The second-order valence-electron chi connectivity index (χ2n) is 3.53. The van der Waals surface area contributed by atoms with Gasteiger partial charge in [0.2, 0.25) is 4.90 Å². The quantitative estimate of drug-likeness (QED) is 0.629. The summed E-state index contributed by atoms with van der Waals surface area (Å²) in [5.74, 6) is -0.899. The molecule has 0 fully saturated rings. The molecule has 0 aliphatic heterocycles. The first kappa shape index (κ1) is 13.0. The van der Waals surface area contributed by atoms with Crippen LogP contribution in [0, 0.1) is 20.2 Å². The molecule has 2 aromatic rings. The van der Waals surface area contributed by atoms with Crippen LogP contribution in [0.3, 0.4) is 0 Å². The molecular weight excluding hydrogens is 272 g/mol. The Balaban J connectivity index is 2.53. The minimum Gasteiger partial charge on any atom is -0.358 e. The number of nitrogens with zero attached hydrogens (tertiary/aromatic N) is 4. The fraction of sp³-hybridized carbons (Fsp3) is 0.100. The van der Waals surface area contributed by atoms with E-state index in [1.807, 2.05) is 0 Å². The number of hydrogen-bond donors (Lipinski definition) is 0. The predicted octanol–water partition coefficient (Wildman–Crippen LogP) is 2.39. The van der Waals surface area contributed by atoms with Crippen molar-refractivity contribution in [3.8, 4) is 0 Å². The smallest absolute Gasteiger partial charge is 0.358 e. The van der Waals surface area contributed by atoms with Crippen molar-refractivity contribution in [2.24, 2.45) is 7.05 Å². The zero-order valence-corrected chi connectivity index (χ0v) is 10.5. The van der Waals surface area contributed by atoms with E-state index in [2.05, 4.69) is 5.10 Å². The van der Waals surface area contributed by atoms with Crippen molar-refractivity contribution in [3.63, 3.8) is 0 Å². The second kappa shape index (κ2) is 5.06. The fourth-order valence-electron chi connectivity index (χ4n) is 1.50. The van der Waals surface area contributed by atoms with Gasteiger partial charge in [-0.05, 0) is 26.7 Å². The van der Waals surface area contributed by atoms with Gasteiger partial charge in [-0.25, -0.2) is 0 Å². The Bertz CT molecular complexity index is 640. The molecule has 19 heavy (non-hydrogen) atoms. The van der Waals surface area contributed by atoms with Crippen LogP contribution in [-0.4, -0.2) is 19.6 Å². The van der Waals surface area contributed by atoms with E-state index in [1.54, 1.807) is 30.3 Å². The SMILES string of the molecule is Cn1nc([N+](=O)[O-])c(Sc2ccccc2)c1[N+](=O)[O-]. The van der Waals surface area contributed by atoms with E-state index < -0.39 is 15.7 Å². The Labute approximate surface area is 111 Å². The zero-order chi connectivity index (χ0) is 14.0. The molecule has 1 aromatic heterocycles. The van der Waals surface area contributed by atoms with Crippen LogP contribution in [0.5, 0.6) is 0 Å². The summed E-state index contributed by atoms with van der Waals surface area (Å²) < 4.78 is 0.906. The Morgan fingerprint density at radius 2 is 1.79 bits per heavy atom. The minimum atomic E-state index is -0.724. The molecule has 8 nitrogen and oxygen atoms in total. The highest BCUT2D eigenvalue weighted by molar-refractivity contribution is 7.99. The van der Waals surface area contributed by atoms with Gasteiger partial charge in [0.25, 0.3) is 0 Å². The second-order valence-corrected chi connectivity index (χ2v) is 4.61. The molecule has 0 spiro atoms. The molecule has 0 saturated carbocycles. The molecule has 0 unspecified atom stereocenters. The first-order valence-corrected chi connectivity index (χ1v) is 5.91. The standard InChI is InChI=1S/C10H8N4O4S/c1-12-10(14(17)18)8(9(11-12)13(15)16)19-7-5-3-2-4-6-7/h2-6H,1H3. The number of benzene rings is 1. The molecule has 9 heteroatoms. The number of aromatic nitrogens is 2. The van der Waals surface area contributed by atoms with Crippen molar-refractivity contribution >= 4 is 23.4 Å². The van der Waals surface area contributed by atoms with E-state index in [0.29, 0.717) is 4.90 Å². The number of aryl methyl sites for hydroxylation is 1. The van der Waals surface area contributed by atoms with Crippen LogP contribution < -0.4 is 0 Å². The van der Waals surface area contributed by atoms with Crippen molar-refractivity contribution in [2.75, 3.05) is 0 Å². The average Bonchev–Trinajstić information content (AvgIpc) is 2.67. The summed E-state index contributed by atoms with van der Waals surface area (Å²) in [6.45, 7) is 0. The number of hydrogen-bond acceptors (Lipinski definition) is 6. The molecule has 0 bridgehead atoms. The van der Waals surface area contributed by atoms with Crippen molar-refractivity contribution in [2.45, 2.75) is 9.79 Å². The van der Waals surface area contributed by atoms with E-state index in [-0.39, 0.29) is 10.7 Å². The number of rotatable bonds is 4. The average molecular weight is 280 g/mol. The molecule has 0 saturated heterocycles. The van der Waals surface area contributed by atoms with Gasteiger partial charge in [0, 0.05) is 4.90 Å². The van der Waals surface area contributed by atoms with Crippen LogP contribution in [0.25, 0.3) is 0 Å². The molecule has 0 aliphatic carbocycles. The third kappa shape index (κ3) is 2.55. The van der Waals surface area contributed by atoms with Gasteiger partial charge in [-0.2, -0.15) is 0 Å². The third-order valence-electron chi connectivity index (χ3n) is 2.27. The highest BCUT2D eigenvalue weighted by atomic mass is 32.2. The van der Waals surface area contributed by atoms with Gasteiger partial charge in [0.15, 0.2) is 0 Å². The van der Waals surface area contributed by atoms with Crippen LogP contribution in [-0.2, 0) is 7.05 Å². The van der Waals surface area contributed by atoms with Gasteiger partial charge in [-0.3, -0.25) is 0 Å². The van der Waals surface area contributed by atoms with Gasteiger partial charge in [-0.1, -0.05) is 30.0 Å². The van der Waals surface area contributed by atoms with Crippen LogP contribution in [0.2, 0.25) is 0 Å². The Morgan fingerprint density at radius 3 is 2.32 bits per heavy atom. The first-order chi connectivity index (χ1) is 9.00. The topological polar surface area (TPSA) is 104 Å². The third-order valence-corrected chi connectivity index (χ3v) is 3.34. The van der Waals surface area contributed by atoms with Crippen LogP contribution in [0.1, 0.15) is 0 Å². The normalized spacial score (nSPS) is 10.4. The summed E-state index contributed by atoms with van der Waals surface area (Å²) in [6.07, 6.45) is 0. The molecule has 0 radical (unpaired) electrons. The summed E-state index contributed by atoms with van der Waals surface area (Å²) in [6, 6.07) is 8.71. The van der Waals surface area contributed by atoms with Crippen molar-refractivity contribution < 1.29 is 9.85 Å². The molecule has 0 amide bonds. The number of nitro groups is 2. The summed E-state index contributed by atoms with van der Waals surface area (Å²) in [4.78, 5) is 21.1. The first-order valence-electron chi connectivity index (χ1n) is 5.09. The van der Waals surface area contributed by atoms with Gasteiger partial charge in [-0.15, -0.1) is 0 Å². The summed E-state index contributed by atoms with van der Waals surface area (Å²) in [7, 11) is 1.31. The highest BCUT2D eigenvalue weighted by Crippen LogP contribution is 2.40. The Kier molecular flexibility index (Phi) is 3.47. The highest BCUT2D eigenvalue weighted by Gasteiger charge is 2.35. The lowest BCUT2D eigenvalue weighted by Gasteiger charge is -1.99. The van der Waals surface area contributed by atoms with Crippen molar-refractivity contribution in [1.82, 2.24) is 9.78 Å². The molecule has 0 N–H and O–H groups in total. The zero-order valence-electron chi connectivity index (χ0n) is 9.72. The van der Waals surface area contributed by atoms with E-state index in [9.17, 15) is 20.2 Å². The molecule has 0 atom stereocenters. The van der Waals surface area contributed by atoms with E-state index in [4.69, 9.17) is 0 Å². The maximum absolute atomic E-state index is 11.0. The van der Waals surface area contributed by atoms with Crippen LogP contribution in [0.4, 0.5) is 11.6 Å². The molecule has 98 valence electrons. The largest absolute Gasteiger partial charge is 0.434 e. The fourth-order valence-corrected chi connectivity index (χ4v) is 2.53. The van der Waals surface area contributed by atoms with E-state index in [0.717, 1.165) is 16.4 Å². The van der Waals surface area contributed by atoms with Gasteiger partial charge < -0.3 is 20.2 Å². The van der Waals surface area contributed by atoms with E-state index >= 15 is 0 Å². The molecule has 1 aromatic carbocycles. The lowest BCUT2D eigenvalue weighted by molar-refractivity contribution is -0.400. The molecule has 2 rings (SSSR count). The van der Waals surface area contributed by atoms with Crippen LogP contribution >= 0.6 is 11.8 Å². The van der Waals surface area contributed by atoms with Gasteiger partial charge >= 0.3 is 11.6 Å². The van der Waals surface area contributed by atoms with Crippen molar-refractivity contribution in [3.05, 3.63) is 50.6 Å². The Morgan fingerprint density at radius 1 is 1.16 bits per heavy atom. The lowest BCUT2D eigenvalue weighted by Crippen LogP contribution is -1.98. The van der Waals surface area contributed by atoms with E-state index in [1.165, 1.54) is 7.05 Å².